The molecule has 0 saturated heterocycles. The van der Waals surface area contributed by atoms with Crippen molar-refractivity contribution >= 4 is 29.2 Å². The molecule has 2 atom stereocenters. The van der Waals surface area contributed by atoms with Crippen molar-refractivity contribution in [2.24, 2.45) is 0 Å². The molecule has 0 saturated carbocycles. The summed E-state index contributed by atoms with van der Waals surface area (Å²) in [5, 5.41) is 12.5. The first-order valence-corrected chi connectivity index (χ1v) is 16.3. The highest BCUT2D eigenvalue weighted by Crippen LogP contribution is 2.31. The number of hydrogen-bond acceptors (Lipinski definition) is 5. The summed E-state index contributed by atoms with van der Waals surface area (Å²) < 4.78 is 12.4. The van der Waals surface area contributed by atoms with Gasteiger partial charge in [0.1, 0.15) is 12.1 Å². The van der Waals surface area contributed by atoms with E-state index in [1.807, 2.05) is 62.6 Å². The van der Waals surface area contributed by atoms with Crippen LogP contribution in [-0.4, -0.2) is 54.9 Å². The monoisotopic (exact) mass is 589 g/mol. The Morgan fingerprint density at radius 2 is 1.88 bits per heavy atom. The Bertz CT molecular complexity index is 1340. The number of fused-ring (bicyclic) bond motifs is 1. The second-order valence-electron chi connectivity index (χ2n) is 10.9. The van der Waals surface area contributed by atoms with Gasteiger partial charge < -0.3 is 19.9 Å². The summed E-state index contributed by atoms with van der Waals surface area (Å²) in [7, 11) is 0. The Morgan fingerprint density at radius 1 is 1.10 bits per heavy atom. The van der Waals surface area contributed by atoms with Gasteiger partial charge in [-0.05, 0) is 103 Å². The Kier molecular flexibility index (Phi) is 12.1. The van der Waals surface area contributed by atoms with Gasteiger partial charge in [-0.25, -0.2) is 4.79 Å². The standard InChI is InChI=1S/C35H43NO5S/c1-4-40-23-33(28-17-16-26-12-6-7-13-27(26)21-28)41-22-25-11-9-15-30(31(20-25)29-14-8-5-10-24(29)2)34(37)36-32(35(38)39)18-19-42-3/h5,8-10,14-17,20-21,32-33H,4,6-7,11-13,18-19,22-23H2,1-3H3,(H,36,37)(H,38,39). The van der Waals surface area contributed by atoms with Gasteiger partial charge in [0.25, 0.3) is 5.91 Å². The van der Waals surface area contributed by atoms with Crippen LogP contribution in [0.1, 0.15) is 66.5 Å². The van der Waals surface area contributed by atoms with Gasteiger partial charge in [-0.3, -0.25) is 4.79 Å². The molecule has 0 heterocycles. The summed E-state index contributed by atoms with van der Waals surface area (Å²) in [4.78, 5) is 25.4. The molecule has 4 rings (SSSR count). The number of rotatable bonds is 14. The van der Waals surface area contributed by atoms with Crippen LogP contribution in [0.15, 0.2) is 71.8 Å². The van der Waals surface area contributed by atoms with Crippen molar-refractivity contribution in [2.75, 3.05) is 31.8 Å². The van der Waals surface area contributed by atoms with Gasteiger partial charge in [0.05, 0.1) is 13.2 Å². The van der Waals surface area contributed by atoms with Crippen LogP contribution in [0.2, 0.25) is 0 Å². The number of ether oxygens (including phenoxy) is 2. The van der Waals surface area contributed by atoms with Crippen molar-refractivity contribution in [1.82, 2.24) is 5.32 Å². The molecule has 0 spiro atoms. The third-order valence-corrected chi connectivity index (χ3v) is 8.53. The Morgan fingerprint density at radius 3 is 2.62 bits per heavy atom. The predicted molar refractivity (Wildman–Crippen MR) is 171 cm³/mol. The van der Waals surface area contributed by atoms with Crippen LogP contribution in [0.5, 0.6) is 0 Å². The lowest BCUT2D eigenvalue weighted by molar-refractivity contribution is -0.141. The van der Waals surface area contributed by atoms with Crippen molar-refractivity contribution in [1.29, 1.82) is 0 Å². The molecule has 0 bridgehead atoms. The van der Waals surface area contributed by atoms with Gasteiger partial charge in [0.2, 0.25) is 0 Å². The third-order valence-electron chi connectivity index (χ3n) is 7.88. The Balaban J connectivity index is 1.62. The van der Waals surface area contributed by atoms with Gasteiger partial charge in [-0.1, -0.05) is 60.7 Å². The number of carboxylic acids is 1. The van der Waals surface area contributed by atoms with Crippen molar-refractivity contribution in [3.05, 3.63) is 99.7 Å². The van der Waals surface area contributed by atoms with Gasteiger partial charge in [-0.2, -0.15) is 11.8 Å². The number of allylic oxidation sites excluding steroid dienone is 3. The topological polar surface area (TPSA) is 84.9 Å². The molecule has 224 valence electrons. The first-order chi connectivity index (χ1) is 20.4. The lowest BCUT2D eigenvalue weighted by Crippen LogP contribution is -2.41. The SMILES string of the molecule is CCOCC(OCC1=CC(c2ccccc2C)=C(C(=O)NC(CCSC)C(=O)O)C=CC1)c1ccc2c(c1)CCCC2. The molecule has 2 aromatic carbocycles. The van der Waals surface area contributed by atoms with Crippen LogP contribution in [-0.2, 0) is 31.9 Å². The molecule has 6 nitrogen and oxygen atoms in total. The van der Waals surface area contributed by atoms with Gasteiger partial charge >= 0.3 is 5.97 Å². The fourth-order valence-corrected chi connectivity index (χ4v) is 5.98. The number of carbonyl (C=O) groups is 2. The molecular weight excluding hydrogens is 546 g/mol. The van der Waals surface area contributed by atoms with Gasteiger partial charge in [0.15, 0.2) is 0 Å². The third kappa shape index (κ3) is 8.46. The number of carbonyl (C=O) groups excluding carboxylic acids is 1. The molecule has 2 aromatic rings. The molecule has 2 unspecified atom stereocenters. The van der Waals surface area contributed by atoms with Gasteiger partial charge in [0, 0.05) is 12.2 Å². The molecule has 1 amide bonds. The van der Waals surface area contributed by atoms with Crippen LogP contribution in [0.3, 0.4) is 0 Å². The highest BCUT2D eigenvalue weighted by Gasteiger charge is 2.24. The fourth-order valence-electron chi connectivity index (χ4n) is 5.51. The second kappa shape index (κ2) is 15.9. The smallest absolute Gasteiger partial charge is 0.326 e. The number of carboxylic acid groups (broad SMARTS) is 1. The van der Waals surface area contributed by atoms with Crippen LogP contribution < -0.4 is 5.32 Å². The zero-order valence-electron chi connectivity index (χ0n) is 25.0. The van der Waals surface area contributed by atoms with Crippen molar-refractivity contribution < 1.29 is 24.2 Å². The van der Waals surface area contributed by atoms with E-state index < -0.39 is 12.0 Å². The number of amides is 1. The summed E-state index contributed by atoms with van der Waals surface area (Å²) in [5.74, 6) is -0.773. The van der Waals surface area contributed by atoms with Crippen LogP contribution in [0, 0.1) is 6.92 Å². The molecule has 0 aromatic heterocycles. The predicted octanol–water partition coefficient (Wildman–Crippen LogP) is 6.63. The molecular formula is C35H43NO5S. The van der Waals surface area contributed by atoms with Crippen LogP contribution >= 0.6 is 11.8 Å². The van der Waals surface area contributed by atoms with E-state index in [2.05, 4.69) is 23.5 Å². The van der Waals surface area contributed by atoms with Crippen LogP contribution in [0.25, 0.3) is 5.57 Å². The number of hydrogen-bond donors (Lipinski definition) is 2. The quantitative estimate of drug-likeness (QED) is 0.257. The van der Waals surface area contributed by atoms with E-state index in [1.54, 1.807) is 11.8 Å². The summed E-state index contributed by atoms with van der Waals surface area (Å²) in [6.07, 6.45) is 13.2. The number of aryl methyl sites for hydroxylation is 3. The van der Waals surface area contributed by atoms with E-state index >= 15 is 0 Å². The van der Waals surface area contributed by atoms with Gasteiger partial charge in [-0.15, -0.1) is 0 Å². The Labute approximate surface area is 254 Å². The van der Waals surface area contributed by atoms with E-state index in [9.17, 15) is 14.7 Å². The van der Waals surface area contributed by atoms with E-state index in [4.69, 9.17) is 9.47 Å². The minimum Gasteiger partial charge on any atom is -0.480 e. The minimum absolute atomic E-state index is 0.202. The zero-order chi connectivity index (χ0) is 29.9. The molecule has 2 N–H and O–H groups in total. The first-order valence-electron chi connectivity index (χ1n) is 14.9. The first kappa shape index (κ1) is 31.8. The molecule has 0 radical (unpaired) electrons. The molecule has 2 aliphatic carbocycles. The highest BCUT2D eigenvalue weighted by molar-refractivity contribution is 7.98. The largest absolute Gasteiger partial charge is 0.480 e. The zero-order valence-corrected chi connectivity index (χ0v) is 25.8. The maximum absolute atomic E-state index is 13.5. The Hall–Kier alpha value is -3.13. The number of aliphatic carboxylic acids is 1. The van der Waals surface area contributed by atoms with E-state index in [0.29, 0.717) is 44.0 Å². The molecule has 42 heavy (non-hydrogen) atoms. The highest BCUT2D eigenvalue weighted by atomic mass is 32.2. The second-order valence-corrected chi connectivity index (χ2v) is 11.9. The number of nitrogens with one attached hydrogen (secondary N) is 1. The minimum atomic E-state index is -1.03. The molecule has 2 aliphatic rings. The van der Waals surface area contributed by atoms with E-state index in [1.165, 1.54) is 24.0 Å². The van der Waals surface area contributed by atoms with Crippen molar-refractivity contribution in [3.8, 4) is 0 Å². The lowest BCUT2D eigenvalue weighted by atomic mass is 9.89. The normalized spacial score (nSPS) is 16.3. The van der Waals surface area contributed by atoms with E-state index in [-0.39, 0.29) is 12.0 Å². The van der Waals surface area contributed by atoms with Crippen molar-refractivity contribution in [2.45, 2.75) is 64.5 Å². The number of benzene rings is 2. The summed E-state index contributed by atoms with van der Waals surface area (Å²) in [5.41, 5.74) is 8.20. The molecule has 0 fully saturated rings. The fraction of sp³-hybridized carbons (Fsp3) is 0.429. The average molecular weight is 590 g/mol. The maximum Gasteiger partial charge on any atom is 0.326 e. The van der Waals surface area contributed by atoms with Crippen LogP contribution in [0.4, 0.5) is 0 Å². The summed E-state index contributed by atoms with van der Waals surface area (Å²) in [6.45, 7) is 5.48. The average Bonchev–Trinajstić information content (AvgIpc) is 3.21. The number of thioether (sulfide) groups is 1. The maximum atomic E-state index is 13.5. The summed E-state index contributed by atoms with van der Waals surface area (Å²) in [6, 6.07) is 13.7. The lowest BCUT2D eigenvalue weighted by Gasteiger charge is -2.22. The molecule has 7 heteroatoms. The summed E-state index contributed by atoms with van der Waals surface area (Å²) >= 11 is 1.56. The van der Waals surface area contributed by atoms with Crippen molar-refractivity contribution in [3.63, 3.8) is 0 Å². The van der Waals surface area contributed by atoms with E-state index in [0.717, 1.165) is 40.7 Å². The molecule has 0 aliphatic heterocycles.